The Morgan fingerprint density at radius 2 is 0.689 bits per heavy atom. The highest BCUT2D eigenvalue weighted by molar-refractivity contribution is 7.90. The van der Waals surface area contributed by atoms with Gasteiger partial charge in [-0.3, -0.25) is 14.4 Å². The molecular formula is C89H105O12PS. The average molecular weight is 1430 g/mol. The molecule has 0 bridgehead atoms. The van der Waals surface area contributed by atoms with Gasteiger partial charge in [0.1, 0.15) is 43.3 Å². The molecule has 11 rings (SSSR count). The lowest BCUT2D eigenvalue weighted by Gasteiger charge is -2.31. The SMILES string of the molecule is CC(=O)OC(C)(C)C.CC(=O)OCC1c2ccccc2-c2ccccc21.CC(=O)OCc1ccccc1.CC(C)=O.CC(C)=O.CC(C)=O.CC(c1ccccc1)(c1ccccc1)c1ccccc1.CCc1ccccc1.CP(=O)(c1ccccc1)c1ccccc1.Cc1ccc(S(C)(=O)=O)cc1. The zero-order valence-corrected chi connectivity index (χ0v) is 64.8. The number of hydrogen-bond acceptors (Lipinski definition) is 12. The van der Waals surface area contributed by atoms with Crippen molar-refractivity contribution >= 4 is 62.8 Å². The zero-order valence-electron chi connectivity index (χ0n) is 63.1. The fourth-order valence-corrected chi connectivity index (χ4v) is 12.1. The summed E-state index contributed by atoms with van der Waals surface area (Å²) in [6.07, 6.45) is 2.35. The fraction of sp³-hybridized carbons (Fsp3) is 0.258. The normalized spacial score (nSPS) is 10.6. The smallest absolute Gasteiger partial charge is 0.303 e. The fourth-order valence-electron chi connectivity index (χ4n) is 9.72. The molecule has 1 aliphatic rings. The Balaban J connectivity index is 0.000000406. The molecule has 1 aliphatic carbocycles. The number of carbonyl (C=O) groups is 6. The van der Waals surface area contributed by atoms with Crippen LogP contribution < -0.4 is 10.6 Å². The third kappa shape index (κ3) is 36.3. The molecule has 0 atom stereocenters. The topological polar surface area (TPSA) is 181 Å². The number of ether oxygens (including phenoxy) is 3. The molecule has 0 fully saturated rings. The summed E-state index contributed by atoms with van der Waals surface area (Å²) in [5, 5.41) is 1.83. The van der Waals surface area contributed by atoms with Gasteiger partial charge in [0.05, 0.1) is 4.90 Å². The van der Waals surface area contributed by atoms with E-state index in [0.29, 0.717) is 18.1 Å². The van der Waals surface area contributed by atoms with Crippen LogP contribution in [0.4, 0.5) is 0 Å². The Kier molecular flexibility index (Phi) is 40.6. The van der Waals surface area contributed by atoms with Gasteiger partial charge < -0.3 is 33.2 Å². The second kappa shape index (κ2) is 47.1. The van der Waals surface area contributed by atoms with Crippen molar-refractivity contribution in [3.63, 3.8) is 0 Å². The van der Waals surface area contributed by atoms with Gasteiger partial charge in [-0.25, -0.2) is 8.42 Å². The maximum Gasteiger partial charge on any atom is 0.303 e. The van der Waals surface area contributed by atoms with E-state index in [1.165, 1.54) is 113 Å². The lowest BCUT2D eigenvalue weighted by Crippen LogP contribution is -2.25. The van der Waals surface area contributed by atoms with Gasteiger partial charge in [0, 0.05) is 49.0 Å². The minimum absolute atomic E-state index is 0.121. The largest absolute Gasteiger partial charge is 0.465 e. The summed E-state index contributed by atoms with van der Waals surface area (Å²) < 4.78 is 49.3. The summed E-state index contributed by atoms with van der Waals surface area (Å²) in [4.78, 5) is 60.3. The third-order valence-corrected chi connectivity index (χ3v) is 18.1. The number of carbonyl (C=O) groups excluding carboxylic acids is 6. The van der Waals surface area contributed by atoms with Crippen molar-refractivity contribution in [2.24, 2.45) is 0 Å². The molecule has 14 heteroatoms. The molecule has 0 radical (unpaired) electrons. The van der Waals surface area contributed by atoms with Gasteiger partial charge >= 0.3 is 17.9 Å². The van der Waals surface area contributed by atoms with Crippen LogP contribution in [0.2, 0.25) is 0 Å². The first-order valence-electron chi connectivity index (χ1n) is 33.9. The number of esters is 3. The first-order valence-corrected chi connectivity index (χ1v) is 37.9. The molecule has 0 saturated carbocycles. The summed E-state index contributed by atoms with van der Waals surface area (Å²) in [6.45, 7) is 27.9. The number of sulfone groups is 1. The van der Waals surface area contributed by atoms with E-state index in [2.05, 4.69) is 153 Å². The Hall–Kier alpha value is -10.2. The standard InChI is InChI=1S/C20H18.C16H14O2.C13H13OP.C9H10O2.C8H10O2S.C8H10.C6H12O2.3C3H6O/c1-20(17-11-5-2-6-12-17,18-13-7-3-8-14-18)19-15-9-4-10-16-19;1-11(17)18-10-16-14-8-4-2-6-12(14)13-7-3-5-9-15(13)16;1-15(14,12-8-4-2-5-9-12)13-10-6-3-7-11-13;1-8(10)11-7-9-5-3-2-4-6-9;1-7-3-5-8(6-4-7)11(2,9)10;1-2-8-6-4-3-5-7-8;1-5(7)8-6(2,3)4;3*1-3(2)4/h2-16H,1H3;2-9,16H,10H2,1H3;2-11H,1H3;2-6H,7H2,1H3;3-6H,1-2H3;3-7H,2H2,1H3;1-4H3;3*1-2H3. The summed E-state index contributed by atoms with van der Waals surface area (Å²) >= 11 is 0. The molecule has 0 saturated heterocycles. The minimum atomic E-state index is -3.02. The minimum Gasteiger partial charge on any atom is -0.465 e. The average Bonchev–Trinajstić information content (AvgIpc) is 1.76. The Labute approximate surface area is 614 Å². The van der Waals surface area contributed by atoms with E-state index in [-0.39, 0.29) is 52.2 Å². The van der Waals surface area contributed by atoms with Gasteiger partial charge in [-0.1, -0.05) is 285 Å². The number of benzene rings is 10. The molecule has 10 aromatic rings. The molecular weight excluding hydrogens is 1320 g/mol. The van der Waals surface area contributed by atoms with Crippen molar-refractivity contribution in [3.05, 3.63) is 330 Å². The lowest BCUT2D eigenvalue weighted by atomic mass is 9.71. The molecule has 0 amide bonds. The van der Waals surface area contributed by atoms with Crippen LogP contribution in [0, 0.1) is 6.92 Å². The third-order valence-electron chi connectivity index (χ3n) is 14.4. The molecule has 103 heavy (non-hydrogen) atoms. The highest BCUT2D eigenvalue weighted by atomic mass is 32.2. The number of Topliss-reactive ketones (excluding diaryl/α,β-unsaturated/α-hetero) is 3. The predicted molar refractivity (Wildman–Crippen MR) is 424 cm³/mol. The molecule has 544 valence electrons. The van der Waals surface area contributed by atoms with E-state index in [4.69, 9.17) is 14.2 Å². The highest BCUT2D eigenvalue weighted by Gasteiger charge is 2.31. The Bertz CT molecular complexity index is 4030. The van der Waals surface area contributed by atoms with E-state index < -0.39 is 17.0 Å². The van der Waals surface area contributed by atoms with Gasteiger partial charge in [-0.2, -0.15) is 0 Å². The van der Waals surface area contributed by atoms with Crippen LogP contribution in [0.25, 0.3) is 11.1 Å². The number of ketones is 3. The number of hydrogen-bond donors (Lipinski definition) is 0. The summed E-state index contributed by atoms with van der Waals surface area (Å²) in [6, 6.07) is 94.9. The quantitative estimate of drug-likeness (QED) is 0.0518. The first-order chi connectivity index (χ1) is 48.6. The van der Waals surface area contributed by atoms with E-state index in [1.807, 2.05) is 156 Å². The maximum absolute atomic E-state index is 12.6. The van der Waals surface area contributed by atoms with E-state index in [1.54, 1.807) is 24.3 Å². The van der Waals surface area contributed by atoms with Gasteiger partial charge in [0.25, 0.3) is 0 Å². The van der Waals surface area contributed by atoms with Crippen molar-refractivity contribution in [3.8, 4) is 11.1 Å². The highest BCUT2D eigenvalue weighted by Crippen LogP contribution is 2.45. The Morgan fingerprint density at radius 3 is 0.961 bits per heavy atom. The zero-order chi connectivity index (χ0) is 77.0. The molecule has 0 aliphatic heterocycles. The molecule has 0 heterocycles. The van der Waals surface area contributed by atoms with E-state index in [0.717, 1.165) is 28.2 Å². The molecule has 10 aromatic carbocycles. The Morgan fingerprint density at radius 1 is 0.398 bits per heavy atom. The van der Waals surface area contributed by atoms with Crippen LogP contribution in [0.1, 0.15) is 147 Å². The van der Waals surface area contributed by atoms with Gasteiger partial charge in [0.15, 0.2) is 9.84 Å². The summed E-state index contributed by atoms with van der Waals surface area (Å²) in [5.74, 6) is -0.0236. The summed E-state index contributed by atoms with van der Waals surface area (Å²) in [5.41, 5.74) is 12.0. The van der Waals surface area contributed by atoms with Crippen LogP contribution in [0.5, 0.6) is 0 Å². The van der Waals surface area contributed by atoms with Gasteiger partial charge in [-0.15, -0.1) is 0 Å². The van der Waals surface area contributed by atoms with Crippen LogP contribution in [0.15, 0.2) is 290 Å². The lowest BCUT2D eigenvalue weighted by molar-refractivity contribution is -0.152. The number of aryl methyl sites for hydroxylation is 2. The van der Waals surface area contributed by atoms with E-state index in [9.17, 15) is 41.8 Å². The molecule has 0 spiro atoms. The van der Waals surface area contributed by atoms with Crippen molar-refractivity contribution < 1.29 is 56.0 Å². The maximum atomic E-state index is 12.6. The molecule has 0 aromatic heterocycles. The van der Waals surface area contributed by atoms with Crippen LogP contribution >= 0.6 is 7.14 Å². The van der Waals surface area contributed by atoms with Crippen LogP contribution in [-0.4, -0.2) is 68.8 Å². The monoisotopic (exact) mass is 1430 g/mol. The number of fused-ring (bicyclic) bond motifs is 3. The molecule has 0 unspecified atom stereocenters. The van der Waals surface area contributed by atoms with Crippen molar-refractivity contribution in [2.75, 3.05) is 19.5 Å². The predicted octanol–water partition coefficient (Wildman–Crippen LogP) is 19.6. The van der Waals surface area contributed by atoms with Crippen LogP contribution in [-0.2, 0) is 75.8 Å². The van der Waals surface area contributed by atoms with Crippen molar-refractivity contribution in [1.82, 2.24) is 0 Å². The number of rotatable bonds is 11. The van der Waals surface area contributed by atoms with Crippen molar-refractivity contribution in [2.45, 2.75) is 139 Å². The first kappa shape index (κ1) is 88.9. The van der Waals surface area contributed by atoms with Crippen LogP contribution in [0.3, 0.4) is 0 Å². The van der Waals surface area contributed by atoms with E-state index >= 15 is 0 Å². The second-order valence-corrected chi connectivity index (χ2v) is 30.4. The molecule has 0 N–H and O–H groups in total. The van der Waals surface area contributed by atoms with Crippen molar-refractivity contribution in [1.29, 1.82) is 0 Å². The summed E-state index contributed by atoms with van der Waals surface area (Å²) in [7, 11) is -5.42. The second-order valence-electron chi connectivity index (χ2n) is 25.5. The van der Waals surface area contributed by atoms with Gasteiger partial charge in [-0.05, 0) is 151 Å². The molecule has 12 nitrogen and oxygen atoms in total. The van der Waals surface area contributed by atoms with Gasteiger partial charge in [0.2, 0.25) is 0 Å².